The minimum absolute atomic E-state index is 0.750. The van der Waals surface area contributed by atoms with E-state index in [0.29, 0.717) is 0 Å². The average molecular weight is 220 g/mol. The maximum absolute atomic E-state index is 8.60. The molecule has 0 saturated carbocycles. The van der Waals surface area contributed by atoms with Gasteiger partial charge >= 0.3 is 0 Å². The van der Waals surface area contributed by atoms with Gasteiger partial charge in [-0.15, -0.1) is 0 Å². The Morgan fingerprint density at radius 2 is 1.11 bits per heavy atom. The second-order valence-electron chi connectivity index (χ2n) is 0.643. The highest BCUT2D eigenvalue weighted by atomic mass is 35.7. The van der Waals surface area contributed by atoms with E-state index in [1.54, 1.807) is 0 Å². The molecule has 0 fully saturated rings. The van der Waals surface area contributed by atoms with Gasteiger partial charge in [-0.05, 0) is 0 Å². The van der Waals surface area contributed by atoms with Crippen LogP contribution in [0.3, 0.4) is 0 Å². The van der Waals surface area contributed by atoms with E-state index in [1.165, 1.54) is 0 Å². The van der Waals surface area contributed by atoms with Crippen LogP contribution in [0.1, 0.15) is 0 Å². The Morgan fingerprint density at radius 1 is 1.11 bits per heavy atom. The molecule has 1 N–H and O–H groups in total. The number of halogens is 4. The first kappa shape index (κ1) is 12.7. The van der Waals surface area contributed by atoms with Crippen molar-refractivity contribution in [3.63, 3.8) is 0 Å². The van der Waals surface area contributed by atoms with Crippen LogP contribution < -0.4 is 14.0 Å². The Morgan fingerprint density at radius 3 is 1.11 bits per heavy atom. The molecule has 0 rings (SSSR count). The van der Waals surface area contributed by atoms with E-state index in [-0.39, 0.29) is 0 Å². The minimum Gasteiger partial charge on any atom is -0.183 e. The molecule has 4 nitrogen and oxygen atoms in total. The molecule has 0 atom stereocenters. The first-order chi connectivity index (χ1) is 3.73. The first-order valence-electron chi connectivity index (χ1n) is 1.29. The summed E-state index contributed by atoms with van der Waals surface area (Å²) in [5.74, 6) is 0. The monoisotopic (exact) mass is 218 g/mol. The summed E-state index contributed by atoms with van der Waals surface area (Å²) in [6.45, 7) is 0. The molecular formula is CH2Cl4O4. The molecule has 0 aromatic rings. The molecule has 0 aliphatic heterocycles. The SMILES string of the molecule is ClC(Cl)Cl.[O-][Cl+3]([O-])([O-])O. The lowest BCUT2D eigenvalue weighted by atomic mass is 11.9. The van der Waals surface area contributed by atoms with Crippen molar-refractivity contribution < 1.29 is 28.9 Å². The highest BCUT2D eigenvalue weighted by Crippen LogP contribution is 2.03. The molecular weight excluding hydrogens is 218 g/mol. The summed E-state index contributed by atoms with van der Waals surface area (Å²) in [5, 5.41) is 0. The molecule has 0 spiro atoms. The molecule has 0 unspecified atom stereocenters. The Bertz CT molecular complexity index is 49.3. The molecule has 0 amide bonds. The first-order valence-corrected chi connectivity index (χ1v) is 3.86. The summed E-state index contributed by atoms with van der Waals surface area (Å²) in [4.78, 5) is 0. The van der Waals surface area contributed by atoms with Crippen molar-refractivity contribution in [2.75, 3.05) is 0 Å². The number of alkyl halides is 3. The van der Waals surface area contributed by atoms with Gasteiger partial charge in [-0.25, -0.2) is 0 Å². The minimum atomic E-state index is -4.69. The van der Waals surface area contributed by atoms with E-state index in [9.17, 15) is 0 Å². The molecule has 0 aliphatic carbocycles. The molecule has 58 valence electrons. The van der Waals surface area contributed by atoms with Crippen molar-refractivity contribution in [2.45, 2.75) is 4.30 Å². The van der Waals surface area contributed by atoms with Gasteiger partial charge in [0.1, 0.15) is 0 Å². The van der Waals surface area contributed by atoms with E-state index in [4.69, 9.17) is 53.4 Å². The van der Waals surface area contributed by atoms with Gasteiger partial charge in [-0.3, -0.25) is 0 Å². The van der Waals surface area contributed by atoms with Gasteiger partial charge in [0.05, 0.1) is 14.9 Å². The zero-order valence-electron chi connectivity index (χ0n) is 3.76. The number of hydrogen-bond donors (Lipinski definition) is 1. The third-order valence-corrected chi connectivity index (χ3v) is 0. The van der Waals surface area contributed by atoms with Crippen LogP contribution in [0.15, 0.2) is 0 Å². The Balaban J connectivity index is 0. The molecule has 0 heterocycles. The lowest BCUT2D eigenvalue weighted by Crippen LogP contribution is -2.58. The zero-order chi connectivity index (χ0) is 8.08. The van der Waals surface area contributed by atoms with Gasteiger partial charge in [0, 0.05) is 0 Å². The molecule has 0 radical (unpaired) electrons. The van der Waals surface area contributed by atoms with Gasteiger partial charge in [0.2, 0.25) is 0 Å². The fourth-order valence-corrected chi connectivity index (χ4v) is 0. The topological polar surface area (TPSA) is 89.4 Å². The lowest BCUT2D eigenvalue weighted by Gasteiger charge is -2.03. The van der Waals surface area contributed by atoms with Crippen LogP contribution in [0.2, 0.25) is 0 Å². The second kappa shape index (κ2) is 5.76. The van der Waals surface area contributed by atoms with E-state index < -0.39 is 14.5 Å². The third-order valence-electron chi connectivity index (χ3n) is 0. The van der Waals surface area contributed by atoms with Gasteiger partial charge in [-0.2, -0.15) is 14.0 Å². The van der Waals surface area contributed by atoms with Crippen LogP contribution in [0, 0.1) is 10.2 Å². The predicted molar refractivity (Wildman–Crippen MR) is 23.6 cm³/mol. The van der Waals surface area contributed by atoms with E-state index in [2.05, 4.69) is 0 Å². The van der Waals surface area contributed by atoms with Crippen LogP contribution >= 0.6 is 34.8 Å². The average Bonchev–Trinajstić information content (AvgIpc) is 1.19. The third kappa shape index (κ3) is 441. The predicted octanol–water partition coefficient (Wildman–Crippen LogP) is -2.14. The van der Waals surface area contributed by atoms with Crippen molar-refractivity contribution in [1.82, 2.24) is 0 Å². The second-order valence-corrected chi connectivity index (χ2v) is 3.41. The molecule has 0 bridgehead atoms. The summed E-state index contributed by atoms with van der Waals surface area (Å²) < 4.78 is 32.0. The Kier molecular flexibility index (Phi) is 8.10. The highest BCUT2D eigenvalue weighted by molar-refractivity contribution is 6.63. The fraction of sp³-hybridized carbons (Fsp3) is 1.00. The largest absolute Gasteiger partial charge is 0.183 e. The highest BCUT2D eigenvalue weighted by Gasteiger charge is 1.98. The van der Waals surface area contributed by atoms with E-state index in [0.717, 1.165) is 0 Å². The molecule has 9 heavy (non-hydrogen) atoms. The van der Waals surface area contributed by atoms with Gasteiger partial charge < -0.3 is 0 Å². The summed E-state index contributed by atoms with van der Waals surface area (Å²) in [6, 6.07) is 0. The normalized spacial score (nSPS) is 10.7. The van der Waals surface area contributed by atoms with Crippen molar-refractivity contribution in [1.29, 1.82) is 0 Å². The van der Waals surface area contributed by atoms with Gasteiger partial charge in [0.25, 0.3) is 0 Å². The molecule has 8 heteroatoms. The van der Waals surface area contributed by atoms with Crippen LogP contribution in [0.5, 0.6) is 0 Å². The van der Waals surface area contributed by atoms with Crippen LogP contribution in [0.25, 0.3) is 0 Å². The Labute approximate surface area is 68.3 Å². The summed E-state index contributed by atoms with van der Waals surface area (Å²) in [5.41, 5.74) is 0. The maximum atomic E-state index is 8.60. The van der Waals surface area contributed by atoms with Crippen LogP contribution in [0.4, 0.5) is 0 Å². The molecule has 0 aromatic carbocycles. The standard InChI is InChI=1S/CHCl3.ClHO4/c2-1(3)4;2-1(3,4)5/h1H;(H,2,3,4,5). The zero-order valence-corrected chi connectivity index (χ0v) is 6.78. The van der Waals surface area contributed by atoms with Gasteiger partial charge in [-0.1, -0.05) is 34.8 Å². The smallest absolute Gasteiger partial charge is 0.180 e. The van der Waals surface area contributed by atoms with Crippen molar-refractivity contribution in [3.05, 3.63) is 0 Å². The number of hydrogen-bond acceptors (Lipinski definition) is 4. The summed E-state index contributed by atoms with van der Waals surface area (Å²) >= 11 is 14.4. The summed E-state index contributed by atoms with van der Waals surface area (Å²) in [7, 11) is -4.69. The van der Waals surface area contributed by atoms with Crippen molar-refractivity contribution >= 4 is 34.8 Å². The van der Waals surface area contributed by atoms with Crippen molar-refractivity contribution in [3.8, 4) is 0 Å². The Hall–Kier alpha value is 1.000. The quantitative estimate of drug-likeness (QED) is 0.471. The maximum Gasteiger partial charge on any atom is 0.180 e. The molecule has 0 aliphatic rings. The van der Waals surface area contributed by atoms with Crippen LogP contribution in [-0.2, 0) is 0 Å². The fourth-order valence-electron chi connectivity index (χ4n) is 0. The van der Waals surface area contributed by atoms with E-state index >= 15 is 0 Å². The van der Waals surface area contributed by atoms with Gasteiger partial charge in [0.15, 0.2) is 4.30 Å². The summed E-state index contributed by atoms with van der Waals surface area (Å²) in [6.07, 6.45) is 0. The molecule has 0 saturated heterocycles. The van der Waals surface area contributed by atoms with E-state index in [1.807, 2.05) is 0 Å². The molecule has 0 aromatic heterocycles. The van der Waals surface area contributed by atoms with Crippen molar-refractivity contribution in [2.24, 2.45) is 0 Å². The van der Waals surface area contributed by atoms with Crippen LogP contribution in [-0.4, -0.2) is 8.95 Å². The number of rotatable bonds is 0. The lowest BCUT2D eigenvalue weighted by molar-refractivity contribution is -1.92.